The summed E-state index contributed by atoms with van der Waals surface area (Å²) in [6, 6.07) is 7.38. The van der Waals surface area contributed by atoms with Gasteiger partial charge in [-0.25, -0.2) is 5.43 Å². The van der Waals surface area contributed by atoms with Crippen LogP contribution >= 0.6 is 11.3 Å². The topological polar surface area (TPSA) is 59.9 Å². The maximum atomic E-state index is 11.8. The number of ether oxygens (including phenoxy) is 2. The molecule has 0 bridgehead atoms. The lowest BCUT2D eigenvalue weighted by atomic mass is 10.2. The van der Waals surface area contributed by atoms with Gasteiger partial charge in [-0.15, -0.1) is 11.3 Å². The molecule has 1 aliphatic heterocycles. The van der Waals surface area contributed by atoms with Crippen LogP contribution in [0.25, 0.3) is 0 Å². The minimum absolute atomic E-state index is 0.200. The summed E-state index contributed by atoms with van der Waals surface area (Å²) in [5.74, 6) is 1.21. The van der Waals surface area contributed by atoms with Crippen LogP contribution in [0.3, 0.4) is 0 Å². The van der Waals surface area contributed by atoms with Crippen LogP contribution in [0.5, 0.6) is 11.5 Å². The molecule has 1 amide bonds. The average molecular weight is 288 g/mol. The van der Waals surface area contributed by atoms with Gasteiger partial charge in [0.05, 0.1) is 11.1 Å². The summed E-state index contributed by atoms with van der Waals surface area (Å²) in [4.78, 5) is 12.5. The monoisotopic (exact) mass is 288 g/mol. The van der Waals surface area contributed by atoms with E-state index in [2.05, 4.69) is 10.5 Å². The van der Waals surface area contributed by atoms with E-state index in [0.717, 1.165) is 16.9 Å². The Labute approximate surface area is 119 Å². The Hall–Kier alpha value is -2.34. The second-order valence-corrected chi connectivity index (χ2v) is 5.16. The van der Waals surface area contributed by atoms with Gasteiger partial charge in [-0.2, -0.15) is 5.10 Å². The number of fused-ring (bicyclic) bond motifs is 1. The minimum Gasteiger partial charge on any atom is -0.454 e. The summed E-state index contributed by atoms with van der Waals surface area (Å²) in [6.07, 6.45) is 1.57. The molecule has 5 nitrogen and oxygen atoms in total. The van der Waals surface area contributed by atoms with Crippen LogP contribution in [0.4, 0.5) is 0 Å². The number of hydrogen-bond donors (Lipinski definition) is 1. The van der Waals surface area contributed by atoms with Crippen LogP contribution in [0, 0.1) is 6.92 Å². The zero-order valence-electron chi connectivity index (χ0n) is 10.8. The van der Waals surface area contributed by atoms with Crippen molar-refractivity contribution >= 4 is 23.5 Å². The molecular formula is C14H12N2O3S. The van der Waals surface area contributed by atoms with Crippen molar-refractivity contribution in [1.29, 1.82) is 0 Å². The van der Waals surface area contributed by atoms with E-state index in [4.69, 9.17) is 9.47 Å². The van der Waals surface area contributed by atoms with E-state index in [9.17, 15) is 4.79 Å². The Morgan fingerprint density at radius 2 is 2.20 bits per heavy atom. The molecule has 2 heterocycles. The molecular weight excluding hydrogens is 276 g/mol. The zero-order valence-corrected chi connectivity index (χ0v) is 11.6. The molecule has 20 heavy (non-hydrogen) atoms. The number of nitrogens with one attached hydrogen (secondary N) is 1. The molecule has 0 fully saturated rings. The molecule has 0 spiro atoms. The summed E-state index contributed by atoms with van der Waals surface area (Å²) < 4.78 is 10.5. The van der Waals surface area contributed by atoms with E-state index >= 15 is 0 Å². The van der Waals surface area contributed by atoms with E-state index in [1.54, 1.807) is 6.21 Å². The maximum absolute atomic E-state index is 11.8. The molecule has 0 radical (unpaired) electrons. The smallest absolute Gasteiger partial charge is 0.281 e. The third-order valence-electron chi connectivity index (χ3n) is 2.84. The van der Waals surface area contributed by atoms with Gasteiger partial charge in [0.15, 0.2) is 11.5 Å². The highest BCUT2D eigenvalue weighted by atomic mass is 32.1. The molecule has 102 valence electrons. The number of carbonyl (C=O) groups excluding carboxylic acids is 1. The first-order valence-electron chi connectivity index (χ1n) is 6.01. The summed E-state index contributed by atoms with van der Waals surface area (Å²) in [7, 11) is 0. The average Bonchev–Trinajstić information content (AvgIpc) is 3.06. The van der Waals surface area contributed by atoms with E-state index in [1.165, 1.54) is 11.3 Å². The number of carbonyl (C=O) groups is 1. The van der Waals surface area contributed by atoms with Crippen LogP contribution in [-0.4, -0.2) is 18.9 Å². The van der Waals surface area contributed by atoms with Crippen molar-refractivity contribution in [2.24, 2.45) is 5.10 Å². The molecule has 0 unspecified atom stereocenters. The molecule has 0 saturated carbocycles. The van der Waals surface area contributed by atoms with Gasteiger partial charge < -0.3 is 9.47 Å². The first kappa shape index (κ1) is 12.7. The minimum atomic E-state index is -0.200. The molecule has 1 aromatic carbocycles. The summed E-state index contributed by atoms with van der Waals surface area (Å²) in [5.41, 5.74) is 4.29. The fraction of sp³-hybridized carbons (Fsp3) is 0.143. The fourth-order valence-corrected chi connectivity index (χ4v) is 2.63. The third kappa shape index (κ3) is 2.50. The molecule has 0 saturated heterocycles. The Morgan fingerprint density at radius 3 is 3.00 bits per heavy atom. The zero-order chi connectivity index (χ0) is 13.9. The van der Waals surface area contributed by atoms with E-state index in [0.29, 0.717) is 10.6 Å². The maximum Gasteiger partial charge on any atom is 0.281 e. The Kier molecular flexibility index (Phi) is 3.39. The molecule has 1 aromatic heterocycles. The van der Waals surface area contributed by atoms with Crippen molar-refractivity contribution in [3.8, 4) is 11.5 Å². The number of rotatable bonds is 3. The number of nitrogens with zero attached hydrogens (tertiary/aromatic N) is 1. The van der Waals surface area contributed by atoms with Gasteiger partial charge >= 0.3 is 0 Å². The van der Waals surface area contributed by atoms with Gasteiger partial charge in [-0.1, -0.05) is 0 Å². The number of hydrogen-bond acceptors (Lipinski definition) is 5. The lowest BCUT2D eigenvalue weighted by Gasteiger charge is -1.99. The largest absolute Gasteiger partial charge is 0.454 e. The van der Waals surface area contributed by atoms with Gasteiger partial charge in [-0.05, 0) is 47.7 Å². The fourth-order valence-electron chi connectivity index (χ4n) is 1.81. The quantitative estimate of drug-likeness (QED) is 0.697. The second-order valence-electron chi connectivity index (χ2n) is 4.24. The number of benzene rings is 1. The number of aryl methyl sites for hydroxylation is 1. The number of amides is 1. The predicted octanol–water partition coefficient (Wildman–Crippen LogP) is 2.55. The van der Waals surface area contributed by atoms with Gasteiger partial charge in [0.25, 0.3) is 5.91 Å². The molecule has 6 heteroatoms. The summed E-state index contributed by atoms with van der Waals surface area (Å²) in [5, 5.41) is 5.83. The highest BCUT2D eigenvalue weighted by Crippen LogP contribution is 2.31. The molecule has 0 aliphatic carbocycles. The third-order valence-corrected chi connectivity index (χ3v) is 3.86. The van der Waals surface area contributed by atoms with Crippen molar-refractivity contribution in [1.82, 2.24) is 5.43 Å². The van der Waals surface area contributed by atoms with Gasteiger partial charge in [-0.3, -0.25) is 4.79 Å². The van der Waals surface area contributed by atoms with Crippen molar-refractivity contribution < 1.29 is 14.3 Å². The second kappa shape index (κ2) is 5.34. The highest BCUT2D eigenvalue weighted by Gasteiger charge is 2.12. The SMILES string of the molecule is Cc1ccsc1C(=O)N/N=C/c1ccc2c(c1)OCO2. The lowest BCUT2D eigenvalue weighted by Crippen LogP contribution is -2.17. The first-order chi connectivity index (χ1) is 9.74. The van der Waals surface area contributed by atoms with E-state index in [-0.39, 0.29) is 12.7 Å². The van der Waals surface area contributed by atoms with E-state index in [1.807, 2.05) is 36.6 Å². The number of hydrazone groups is 1. The van der Waals surface area contributed by atoms with Crippen molar-refractivity contribution in [3.05, 3.63) is 45.6 Å². The standard InChI is InChI=1S/C14H12N2O3S/c1-9-4-5-20-13(9)14(17)16-15-7-10-2-3-11-12(6-10)19-8-18-11/h2-7H,8H2,1H3,(H,16,17)/b15-7+. The lowest BCUT2D eigenvalue weighted by molar-refractivity contribution is 0.0958. The van der Waals surface area contributed by atoms with E-state index < -0.39 is 0 Å². The van der Waals surface area contributed by atoms with Gasteiger partial charge in [0, 0.05) is 0 Å². The predicted molar refractivity (Wildman–Crippen MR) is 76.7 cm³/mol. The van der Waals surface area contributed by atoms with Gasteiger partial charge in [0.2, 0.25) is 6.79 Å². The van der Waals surface area contributed by atoms with Crippen molar-refractivity contribution in [2.45, 2.75) is 6.92 Å². The van der Waals surface area contributed by atoms with Crippen LogP contribution in [0.2, 0.25) is 0 Å². The van der Waals surface area contributed by atoms with Gasteiger partial charge in [0.1, 0.15) is 0 Å². The summed E-state index contributed by atoms with van der Waals surface area (Å²) >= 11 is 1.40. The Balaban J connectivity index is 1.66. The Morgan fingerprint density at radius 1 is 1.35 bits per heavy atom. The molecule has 3 rings (SSSR count). The Bertz CT molecular complexity index is 679. The van der Waals surface area contributed by atoms with Crippen LogP contribution < -0.4 is 14.9 Å². The normalized spacial score (nSPS) is 12.8. The van der Waals surface area contributed by atoms with Crippen LogP contribution in [-0.2, 0) is 0 Å². The molecule has 1 aliphatic rings. The molecule has 1 N–H and O–H groups in total. The first-order valence-corrected chi connectivity index (χ1v) is 6.89. The van der Waals surface area contributed by atoms with Crippen molar-refractivity contribution in [3.63, 3.8) is 0 Å². The highest BCUT2D eigenvalue weighted by molar-refractivity contribution is 7.12. The van der Waals surface area contributed by atoms with Crippen molar-refractivity contribution in [2.75, 3.05) is 6.79 Å². The molecule has 0 atom stereocenters. The van der Waals surface area contributed by atoms with Crippen LogP contribution in [0.15, 0.2) is 34.7 Å². The van der Waals surface area contributed by atoms with Crippen LogP contribution in [0.1, 0.15) is 20.8 Å². The number of thiophene rings is 1. The molecule has 2 aromatic rings. The summed E-state index contributed by atoms with van der Waals surface area (Å²) in [6.45, 7) is 2.14.